The summed E-state index contributed by atoms with van der Waals surface area (Å²) in [4.78, 5) is 23.9. The van der Waals surface area contributed by atoms with Crippen molar-refractivity contribution in [2.24, 2.45) is 0 Å². The number of benzene rings is 1. The molecule has 33 heavy (non-hydrogen) atoms. The Labute approximate surface area is 195 Å². The van der Waals surface area contributed by atoms with Crippen LogP contribution in [-0.4, -0.2) is 56.6 Å². The highest BCUT2D eigenvalue weighted by Crippen LogP contribution is 2.36. The van der Waals surface area contributed by atoms with E-state index in [-0.39, 0.29) is 11.9 Å². The molecule has 0 saturated carbocycles. The number of likely N-dealkylation sites (N-methyl/N-ethyl adjacent to an activating group) is 1. The molecule has 1 saturated heterocycles. The maximum Gasteiger partial charge on any atom is 0.270 e. The molecule has 1 fully saturated rings. The SMILES string of the molecule is Cc1cc(-c2c(-c3cccc(C#N)c3)nn3ccc(C(=O)NC4CN(C)C4)nc23)cc(Cl)n1. The Hall–Kier alpha value is -3.80. The van der Waals surface area contributed by atoms with Crippen LogP contribution in [0.4, 0.5) is 0 Å². The number of aromatic nitrogens is 4. The van der Waals surface area contributed by atoms with Gasteiger partial charge in [-0.2, -0.15) is 10.4 Å². The van der Waals surface area contributed by atoms with Crippen molar-refractivity contribution < 1.29 is 4.79 Å². The monoisotopic (exact) mass is 457 g/mol. The lowest BCUT2D eigenvalue weighted by Crippen LogP contribution is -2.57. The first-order valence-corrected chi connectivity index (χ1v) is 10.8. The van der Waals surface area contributed by atoms with Gasteiger partial charge in [-0.15, -0.1) is 0 Å². The molecular weight excluding hydrogens is 438 g/mol. The van der Waals surface area contributed by atoms with Gasteiger partial charge >= 0.3 is 0 Å². The van der Waals surface area contributed by atoms with E-state index < -0.39 is 0 Å². The Morgan fingerprint density at radius 2 is 2.00 bits per heavy atom. The summed E-state index contributed by atoms with van der Waals surface area (Å²) in [5.74, 6) is -0.222. The van der Waals surface area contributed by atoms with E-state index in [2.05, 4.69) is 26.3 Å². The third-order valence-electron chi connectivity index (χ3n) is 5.59. The Morgan fingerprint density at radius 1 is 1.18 bits per heavy atom. The van der Waals surface area contributed by atoms with Crippen molar-refractivity contribution in [1.29, 1.82) is 5.26 Å². The summed E-state index contributed by atoms with van der Waals surface area (Å²) in [5.41, 5.74) is 5.01. The van der Waals surface area contributed by atoms with Crippen molar-refractivity contribution in [1.82, 2.24) is 29.8 Å². The number of nitrogens with one attached hydrogen (secondary N) is 1. The maximum atomic E-state index is 12.8. The zero-order valence-corrected chi connectivity index (χ0v) is 18.8. The second kappa shape index (κ2) is 8.28. The minimum absolute atomic E-state index is 0.121. The molecular formula is C24H20ClN7O. The van der Waals surface area contributed by atoms with E-state index in [1.807, 2.05) is 32.2 Å². The van der Waals surface area contributed by atoms with Gasteiger partial charge < -0.3 is 10.2 Å². The van der Waals surface area contributed by atoms with Crippen LogP contribution in [0.2, 0.25) is 5.15 Å². The summed E-state index contributed by atoms with van der Waals surface area (Å²) >= 11 is 6.27. The van der Waals surface area contributed by atoms with E-state index in [0.29, 0.717) is 27.8 Å². The number of fused-ring (bicyclic) bond motifs is 1. The number of carbonyl (C=O) groups excluding carboxylic acids is 1. The Kier molecular flexibility index (Phi) is 5.29. The van der Waals surface area contributed by atoms with Crippen LogP contribution in [0.5, 0.6) is 0 Å². The van der Waals surface area contributed by atoms with Gasteiger partial charge in [-0.05, 0) is 49.9 Å². The van der Waals surface area contributed by atoms with Crippen molar-refractivity contribution in [3.8, 4) is 28.5 Å². The molecule has 0 atom stereocenters. The first-order chi connectivity index (χ1) is 15.9. The molecule has 1 aliphatic heterocycles. The summed E-state index contributed by atoms with van der Waals surface area (Å²) in [6.07, 6.45) is 1.72. The van der Waals surface area contributed by atoms with Crippen LogP contribution in [0.3, 0.4) is 0 Å². The van der Waals surface area contributed by atoms with Crippen molar-refractivity contribution in [3.63, 3.8) is 0 Å². The molecule has 9 heteroatoms. The van der Waals surface area contributed by atoms with Gasteiger partial charge in [-0.3, -0.25) is 4.79 Å². The lowest BCUT2D eigenvalue weighted by Gasteiger charge is -2.36. The Morgan fingerprint density at radius 3 is 2.73 bits per heavy atom. The minimum atomic E-state index is -0.222. The zero-order valence-electron chi connectivity index (χ0n) is 18.1. The van der Waals surface area contributed by atoms with Gasteiger partial charge in [0.15, 0.2) is 5.65 Å². The molecule has 3 aromatic heterocycles. The van der Waals surface area contributed by atoms with Gasteiger partial charge in [0, 0.05) is 30.5 Å². The molecule has 5 rings (SSSR count). The molecule has 0 radical (unpaired) electrons. The van der Waals surface area contributed by atoms with Gasteiger partial charge in [0.2, 0.25) is 0 Å². The number of halogens is 1. The highest BCUT2D eigenvalue weighted by molar-refractivity contribution is 6.29. The fraction of sp³-hybridized carbons (Fsp3) is 0.208. The number of nitriles is 1. The van der Waals surface area contributed by atoms with E-state index in [4.69, 9.17) is 16.7 Å². The Bertz CT molecular complexity index is 1410. The smallest absolute Gasteiger partial charge is 0.270 e. The third kappa shape index (κ3) is 4.04. The normalized spacial score (nSPS) is 14.1. The largest absolute Gasteiger partial charge is 0.345 e. The van der Waals surface area contributed by atoms with Crippen LogP contribution in [-0.2, 0) is 0 Å². The van der Waals surface area contributed by atoms with Crippen molar-refractivity contribution in [2.45, 2.75) is 13.0 Å². The number of nitrogens with zero attached hydrogens (tertiary/aromatic N) is 6. The number of hydrogen-bond acceptors (Lipinski definition) is 6. The van der Waals surface area contributed by atoms with Crippen LogP contribution in [0.25, 0.3) is 28.0 Å². The fourth-order valence-corrected chi connectivity index (χ4v) is 4.33. The number of pyridine rings is 1. The average Bonchev–Trinajstić information content (AvgIpc) is 3.16. The second-order valence-electron chi connectivity index (χ2n) is 8.21. The fourth-order valence-electron chi connectivity index (χ4n) is 4.08. The van der Waals surface area contributed by atoms with E-state index in [1.54, 1.807) is 35.0 Å². The molecule has 0 aliphatic carbocycles. The summed E-state index contributed by atoms with van der Waals surface area (Å²) in [6, 6.07) is 14.8. The van der Waals surface area contributed by atoms with Crippen LogP contribution >= 0.6 is 11.6 Å². The molecule has 0 bridgehead atoms. The van der Waals surface area contributed by atoms with Gasteiger partial charge in [0.25, 0.3) is 5.91 Å². The summed E-state index contributed by atoms with van der Waals surface area (Å²) < 4.78 is 1.64. The van der Waals surface area contributed by atoms with Gasteiger partial charge in [-0.1, -0.05) is 23.7 Å². The zero-order chi connectivity index (χ0) is 23.1. The lowest BCUT2D eigenvalue weighted by atomic mass is 10.00. The maximum absolute atomic E-state index is 12.8. The van der Waals surface area contributed by atoms with Crippen molar-refractivity contribution in [2.75, 3.05) is 20.1 Å². The topological polar surface area (TPSA) is 99.2 Å². The molecule has 1 amide bonds. The van der Waals surface area contributed by atoms with Crippen LogP contribution < -0.4 is 5.32 Å². The first kappa shape index (κ1) is 21.1. The standard InChI is InChI=1S/C24H20ClN7O/c1-14-8-17(10-20(25)27-14)21-22(16-5-3-4-15(9-16)11-26)30-32-7-6-19(29-23(21)32)24(33)28-18-12-31(2)13-18/h3-10,18H,12-13H2,1-2H3,(H,28,33). The predicted octanol–water partition coefficient (Wildman–Crippen LogP) is 3.34. The molecule has 8 nitrogen and oxygen atoms in total. The van der Waals surface area contributed by atoms with E-state index in [1.165, 1.54) is 0 Å². The number of likely N-dealkylation sites (tertiary alicyclic amines) is 1. The number of amides is 1. The predicted molar refractivity (Wildman–Crippen MR) is 125 cm³/mol. The highest BCUT2D eigenvalue weighted by atomic mass is 35.5. The van der Waals surface area contributed by atoms with Crippen LogP contribution in [0.15, 0.2) is 48.7 Å². The molecule has 1 aliphatic rings. The third-order valence-corrected chi connectivity index (χ3v) is 5.79. The molecule has 4 aromatic rings. The molecule has 0 spiro atoms. The van der Waals surface area contributed by atoms with Crippen molar-refractivity contribution >= 4 is 23.2 Å². The van der Waals surface area contributed by atoms with Gasteiger partial charge in [-0.25, -0.2) is 14.5 Å². The lowest BCUT2D eigenvalue weighted by molar-refractivity contribution is 0.0853. The van der Waals surface area contributed by atoms with Crippen molar-refractivity contribution in [3.05, 3.63) is 70.8 Å². The number of carbonyl (C=O) groups is 1. The number of hydrogen-bond donors (Lipinski definition) is 1. The number of rotatable bonds is 4. The van der Waals surface area contributed by atoms with Crippen LogP contribution in [0, 0.1) is 18.3 Å². The molecule has 0 unspecified atom stereocenters. The van der Waals surface area contributed by atoms with E-state index in [9.17, 15) is 10.1 Å². The molecule has 164 valence electrons. The second-order valence-corrected chi connectivity index (χ2v) is 8.60. The van der Waals surface area contributed by atoms with Gasteiger partial charge in [0.05, 0.1) is 23.2 Å². The molecule has 1 aromatic carbocycles. The first-order valence-electron chi connectivity index (χ1n) is 10.4. The summed E-state index contributed by atoms with van der Waals surface area (Å²) in [7, 11) is 2.01. The van der Waals surface area contributed by atoms with Gasteiger partial charge in [0.1, 0.15) is 16.5 Å². The minimum Gasteiger partial charge on any atom is -0.345 e. The molecule has 4 heterocycles. The highest BCUT2D eigenvalue weighted by Gasteiger charge is 2.26. The number of aryl methyl sites for hydroxylation is 1. The van der Waals surface area contributed by atoms with E-state index in [0.717, 1.165) is 35.5 Å². The summed E-state index contributed by atoms with van der Waals surface area (Å²) in [6.45, 7) is 3.50. The Balaban J connectivity index is 1.67. The molecule has 1 N–H and O–H groups in total. The quantitative estimate of drug-likeness (QED) is 0.472. The average molecular weight is 458 g/mol. The summed E-state index contributed by atoms with van der Waals surface area (Å²) in [5, 5.41) is 17.5. The van der Waals surface area contributed by atoms with E-state index >= 15 is 0 Å². The van der Waals surface area contributed by atoms with Crippen LogP contribution in [0.1, 0.15) is 21.7 Å².